The number of ether oxygens (including phenoxy) is 2. The molecule has 0 aromatic heterocycles. The number of likely N-dealkylation sites (tertiary alicyclic amines) is 1. The maximum Gasteiger partial charge on any atom is 0.410 e. The molecule has 1 atom stereocenters. The molecule has 154 valence electrons. The SMILES string of the molecule is COc1ccc(CCNC(=O)C2(C)CCCN2C(=O)OCc2ccccc2)cc1. The van der Waals surface area contributed by atoms with Gasteiger partial charge in [0.2, 0.25) is 5.91 Å². The van der Waals surface area contributed by atoms with Crippen molar-refractivity contribution in [3.8, 4) is 5.75 Å². The molecular weight excluding hydrogens is 368 g/mol. The van der Waals surface area contributed by atoms with E-state index in [9.17, 15) is 9.59 Å². The van der Waals surface area contributed by atoms with E-state index in [0.717, 1.165) is 23.3 Å². The molecule has 2 aromatic carbocycles. The molecule has 1 aliphatic rings. The highest BCUT2D eigenvalue weighted by Gasteiger charge is 2.46. The number of carbonyl (C=O) groups excluding carboxylic acids is 2. The van der Waals surface area contributed by atoms with E-state index in [-0.39, 0.29) is 12.5 Å². The standard InChI is InChI=1S/C23H28N2O4/c1-23(21(26)24-15-13-18-9-11-20(28-2)12-10-18)14-6-16-25(23)22(27)29-17-19-7-4-3-5-8-19/h3-5,7-12H,6,13-17H2,1-2H3,(H,24,26). The van der Waals surface area contributed by atoms with Crippen molar-refractivity contribution in [2.24, 2.45) is 0 Å². The van der Waals surface area contributed by atoms with Gasteiger partial charge in [0.05, 0.1) is 7.11 Å². The van der Waals surface area contributed by atoms with E-state index < -0.39 is 11.6 Å². The summed E-state index contributed by atoms with van der Waals surface area (Å²) in [6.45, 7) is 3.04. The van der Waals surface area contributed by atoms with Crippen LogP contribution in [0.2, 0.25) is 0 Å². The van der Waals surface area contributed by atoms with Crippen molar-refractivity contribution in [1.82, 2.24) is 10.2 Å². The molecule has 6 nitrogen and oxygen atoms in total. The van der Waals surface area contributed by atoms with Crippen molar-refractivity contribution in [2.75, 3.05) is 20.2 Å². The number of benzene rings is 2. The molecule has 0 saturated carbocycles. The highest BCUT2D eigenvalue weighted by atomic mass is 16.6. The lowest BCUT2D eigenvalue weighted by Gasteiger charge is -2.33. The van der Waals surface area contributed by atoms with E-state index in [1.54, 1.807) is 12.0 Å². The normalized spacial score (nSPS) is 18.3. The van der Waals surface area contributed by atoms with Gasteiger partial charge in [-0.3, -0.25) is 9.69 Å². The fourth-order valence-corrected chi connectivity index (χ4v) is 3.59. The Balaban J connectivity index is 1.52. The summed E-state index contributed by atoms with van der Waals surface area (Å²) in [5, 5.41) is 2.98. The quantitative estimate of drug-likeness (QED) is 0.777. The fourth-order valence-electron chi connectivity index (χ4n) is 3.59. The zero-order valence-electron chi connectivity index (χ0n) is 17.0. The lowest BCUT2D eigenvalue weighted by Crippen LogP contribution is -2.55. The first-order valence-corrected chi connectivity index (χ1v) is 9.92. The second-order valence-electron chi connectivity index (χ2n) is 7.42. The van der Waals surface area contributed by atoms with Crippen LogP contribution in [0.25, 0.3) is 0 Å². The summed E-state index contributed by atoms with van der Waals surface area (Å²) in [7, 11) is 1.63. The van der Waals surface area contributed by atoms with Gasteiger partial charge in [0, 0.05) is 13.1 Å². The van der Waals surface area contributed by atoms with Crippen LogP contribution in [-0.4, -0.2) is 42.6 Å². The van der Waals surface area contributed by atoms with E-state index in [4.69, 9.17) is 9.47 Å². The molecule has 1 aliphatic heterocycles. The molecule has 0 aliphatic carbocycles. The monoisotopic (exact) mass is 396 g/mol. The maximum absolute atomic E-state index is 12.9. The molecule has 0 bridgehead atoms. The number of nitrogens with zero attached hydrogens (tertiary/aromatic N) is 1. The molecule has 2 amide bonds. The first-order chi connectivity index (χ1) is 14.0. The first-order valence-electron chi connectivity index (χ1n) is 9.92. The van der Waals surface area contributed by atoms with E-state index in [0.29, 0.717) is 25.9 Å². The number of rotatable bonds is 7. The molecule has 1 unspecified atom stereocenters. The van der Waals surface area contributed by atoms with Crippen molar-refractivity contribution in [1.29, 1.82) is 0 Å². The Kier molecular flexibility index (Phi) is 6.75. The van der Waals surface area contributed by atoms with Crippen LogP contribution in [0.1, 0.15) is 30.9 Å². The third-order valence-electron chi connectivity index (χ3n) is 5.41. The lowest BCUT2D eigenvalue weighted by molar-refractivity contribution is -0.130. The van der Waals surface area contributed by atoms with Gasteiger partial charge in [-0.25, -0.2) is 4.79 Å². The second-order valence-corrected chi connectivity index (χ2v) is 7.42. The zero-order chi connectivity index (χ0) is 20.7. The molecule has 1 heterocycles. The molecule has 6 heteroatoms. The van der Waals surface area contributed by atoms with Crippen molar-refractivity contribution < 1.29 is 19.1 Å². The smallest absolute Gasteiger partial charge is 0.410 e. The highest BCUT2D eigenvalue weighted by Crippen LogP contribution is 2.30. The van der Waals surface area contributed by atoms with Gasteiger partial charge in [0.15, 0.2) is 0 Å². The van der Waals surface area contributed by atoms with Crippen LogP contribution < -0.4 is 10.1 Å². The number of hydrogen-bond donors (Lipinski definition) is 1. The van der Waals surface area contributed by atoms with Crippen LogP contribution in [0.3, 0.4) is 0 Å². The van der Waals surface area contributed by atoms with Gasteiger partial charge in [0.1, 0.15) is 17.9 Å². The molecule has 1 saturated heterocycles. The Hall–Kier alpha value is -3.02. The third kappa shape index (κ3) is 5.08. The second kappa shape index (κ2) is 9.45. The minimum Gasteiger partial charge on any atom is -0.497 e. The van der Waals surface area contributed by atoms with Crippen LogP contribution in [0.4, 0.5) is 4.79 Å². The van der Waals surface area contributed by atoms with Crippen LogP contribution in [0, 0.1) is 0 Å². The summed E-state index contributed by atoms with van der Waals surface area (Å²) in [4.78, 5) is 27.0. The summed E-state index contributed by atoms with van der Waals surface area (Å²) in [6.07, 6.45) is 1.67. The molecule has 0 spiro atoms. The third-order valence-corrected chi connectivity index (χ3v) is 5.41. The zero-order valence-corrected chi connectivity index (χ0v) is 17.0. The Labute approximate surface area is 171 Å². The number of nitrogens with one attached hydrogen (secondary N) is 1. The summed E-state index contributed by atoms with van der Waals surface area (Å²) < 4.78 is 10.6. The highest BCUT2D eigenvalue weighted by molar-refractivity contribution is 5.90. The predicted molar refractivity (Wildman–Crippen MR) is 111 cm³/mol. The van der Waals surface area contributed by atoms with Crippen molar-refractivity contribution in [3.63, 3.8) is 0 Å². The summed E-state index contributed by atoms with van der Waals surface area (Å²) in [5.74, 6) is 0.668. The Morgan fingerprint density at radius 1 is 1.07 bits per heavy atom. The van der Waals surface area contributed by atoms with Crippen LogP contribution >= 0.6 is 0 Å². The van der Waals surface area contributed by atoms with Crippen molar-refractivity contribution >= 4 is 12.0 Å². The van der Waals surface area contributed by atoms with Crippen molar-refractivity contribution in [2.45, 2.75) is 38.3 Å². The molecule has 3 rings (SSSR count). The molecule has 29 heavy (non-hydrogen) atoms. The van der Waals surface area contributed by atoms with Gasteiger partial charge in [-0.15, -0.1) is 0 Å². The topological polar surface area (TPSA) is 67.9 Å². The number of methoxy groups -OCH3 is 1. The van der Waals surface area contributed by atoms with Crippen LogP contribution in [0.5, 0.6) is 5.75 Å². The van der Waals surface area contributed by atoms with Gasteiger partial charge in [0.25, 0.3) is 0 Å². The first kappa shape index (κ1) is 20.7. The van der Waals surface area contributed by atoms with Gasteiger partial charge >= 0.3 is 6.09 Å². The van der Waals surface area contributed by atoms with E-state index in [1.807, 2.05) is 61.5 Å². The molecule has 0 radical (unpaired) electrons. The maximum atomic E-state index is 12.9. The van der Waals surface area contributed by atoms with Crippen molar-refractivity contribution in [3.05, 3.63) is 65.7 Å². The predicted octanol–water partition coefficient (Wildman–Crippen LogP) is 3.55. The van der Waals surface area contributed by atoms with E-state index >= 15 is 0 Å². The van der Waals surface area contributed by atoms with Crippen LogP contribution in [0.15, 0.2) is 54.6 Å². The molecule has 1 fully saturated rings. The number of hydrogen-bond acceptors (Lipinski definition) is 4. The summed E-state index contributed by atoms with van der Waals surface area (Å²) in [6, 6.07) is 17.3. The average Bonchev–Trinajstić information content (AvgIpc) is 3.16. The largest absolute Gasteiger partial charge is 0.497 e. The summed E-state index contributed by atoms with van der Waals surface area (Å²) in [5.41, 5.74) is 1.15. The summed E-state index contributed by atoms with van der Waals surface area (Å²) >= 11 is 0. The van der Waals surface area contributed by atoms with E-state index in [2.05, 4.69) is 5.32 Å². The lowest BCUT2D eigenvalue weighted by atomic mass is 9.98. The van der Waals surface area contributed by atoms with Crippen LogP contribution in [-0.2, 0) is 22.6 Å². The number of carbonyl (C=O) groups is 2. The van der Waals surface area contributed by atoms with E-state index in [1.165, 1.54) is 0 Å². The Morgan fingerprint density at radius 2 is 1.79 bits per heavy atom. The minimum atomic E-state index is -0.881. The molecule has 2 aromatic rings. The average molecular weight is 396 g/mol. The van der Waals surface area contributed by atoms with Gasteiger partial charge in [-0.05, 0) is 49.4 Å². The van der Waals surface area contributed by atoms with Gasteiger partial charge in [-0.2, -0.15) is 0 Å². The Bertz CT molecular complexity index is 823. The van der Waals surface area contributed by atoms with Gasteiger partial charge in [-0.1, -0.05) is 42.5 Å². The molecular formula is C23H28N2O4. The Morgan fingerprint density at radius 3 is 2.48 bits per heavy atom. The fraction of sp³-hybridized carbons (Fsp3) is 0.391. The minimum absolute atomic E-state index is 0.139. The van der Waals surface area contributed by atoms with Gasteiger partial charge < -0.3 is 14.8 Å². The number of amides is 2. The molecule has 1 N–H and O–H groups in total.